The molecule has 2 rings (SSSR count). The van der Waals surface area contributed by atoms with Gasteiger partial charge in [-0.3, -0.25) is 4.98 Å². The van der Waals surface area contributed by atoms with Crippen LogP contribution in [0.3, 0.4) is 0 Å². The van der Waals surface area contributed by atoms with Crippen LogP contribution in [0.1, 0.15) is 0 Å². The average Bonchev–Trinajstić information content (AvgIpc) is 2.14. The number of halogens is 3. The molecule has 0 aliphatic rings. The van der Waals surface area contributed by atoms with E-state index < -0.39 is 11.6 Å². The summed E-state index contributed by atoms with van der Waals surface area (Å²) in [5.41, 5.74) is 5.69. The van der Waals surface area contributed by atoms with Crippen LogP contribution < -0.4 is 5.73 Å². The minimum Gasteiger partial charge on any atom is -0.397 e. The van der Waals surface area contributed by atoms with Crippen molar-refractivity contribution in [3.8, 4) is 0 Å². The van der Waals surface area contributed by atoms with Gasteiger partial charge in [0.25, 0.3) is 0 Å². The first-order chi connectivity index (χ1) is 6.59. The second kappa shape index (κ2) is 3.06. The number of hydrogen-bond acceptors (Lipinski definition) is 2. The molecule has 0 radical (unpaired) electrons. The summed E-state index contributed by atoms with van der Waals surface area (Å²) < 4.78 is 26.1. The number of rotatable bonds is 0. The van der Waals surface area contributed by atoms with Crippen molar-refractivity contribution in [2.75, 3.05) is 5.73 Å². The number of aromatic nitrogens is 1. The topological polar surface area (TPSA) is 38.9 Å². The summed E-state index contributed by atoms with van der Waals surface area (Å²) in [7, 11) is 0. The van der Waals surface area contributed by atoms with E-state index in [0.717, 1.165) is 6.07 Å². The Labute approximate surface area is 83.3 Å². The van der Waals surface area contributed by atoms with Crippen LogP contribution in [0.4, 0.5) is 14.5 Å². The molecule has 5 heteroatoms. The normalized spacial score (nSPS) is 10.8. The fourth-order valence-corrected chi connectivity index (χ4v) is 1.44. The summed E-state index contributed by atoms with van der Waals surface area (Å²) in [6.45, 7) is 0. The van der Waals surface area contributed by atoms with Gasteiger partial charge in [-0.25, -0.2) is 8.78 Å². The van der Waals surface area contributed by atoms with Crippen molar-refractivity contribution in [1.82, 2.24) is 4.98 Å². The van der Waals surface area contributed by atoms with Gasteiger partial charge in [-0.15, -0.1) is 0 Å². The van der Waals surface area contributed by atoms with E-state index in [4.69, 9.17) is 17.3 Å². The van der Waals surface area contributed by atoms with Gasteiger partial charge in [0.1, 0.15) is 5.52 Å². The van der Waals surface area contributed by atoms with Crippen molar-refractivity contribution >= 4 is 28.2 Å². The van der Waals surface area contributed by atoms with Gasteiger partial charge in [0.05, 0.1) is 16.9 Å². The molecule has 1 heterocycles. The molecule has 2 N–H and O–H groups in total. The van der Waals surface area contributed by atoms with Crippen molar-refractivity contribution in [2.45, 2.75) is 0 Å². The Hall–Kier alpha value is -1.42. The van der Waals surface area contributed by atoms with E-state index in [2.05, 4.69) is 4.98 Å². The van der Waals surface area contributed by atoms with Gasteiger partial charge >= 0.3 is 0 Å². The third-order valence-electron chi connectivity index (χ3n) is 1.84. The van der Waals surface area contributed by atoms with Gasteiger partial charge in [0.15, 0.2) is 11.6 Å². The summed E-state index contributed by atoms with van der Waals surface area (Å²) in [5.74, 6) is -2.02. The maximum Gasteiger partial charge on any atom is 0.185 e. The van der Waals surface area contributed by atoms with Crippen LogP contribution in [0.15, 0.2) is 18.3 Å². The predicted molar refractivity (Wildman–Crippen MR) is 51.1 cm³/mol. The molecular weight excluding hydrogens is 210 g/mol. The fourth-order valence-electron chi connectivity index (χ4n) is 1.20. The Bertz CT molecular complexity index is 514. The van der Waals surface area contributed by atoms with Gasteiger partial charge in [-0.2, -0.15) is 0 Å². The lowest BCUT2D eigenvalue weighted by Crippen LogP contribution is -1.93. The maximum atomic E-state index is 13.2. The number of hydrogen-bond donors (Lipinski definition) is 1. The highest BCUT2D eigenvalue weighted by Gasteiger charge is 2.12. The lowest BCUT2D eigenvalue weighted by atomic mass is 10.2. The van der Waals surface area contributed by atoms with E-state index in [9.17, 15) is 8.78 Å². The number of nitrogen functional groups attached to an aromatic ring is 1. The zero-order valence-electron chi connectivity index (χ0n) is 6.89. The van der Waals surface area contributed by atoms with Gasteiger partial charge < -0.3 is 5.73 Å². The molecule has 0 spiro atoms. The van der Waals surface area contributed by atoms with Crippen molar-refractivity contribution in [1.29, 1.82) is 0 Å². The van der Waals surface area contributed by atoms with E-state index in [1.807, 2.05) is 0 Å². The summed E-state index contributed by atoms with van der Waals surface area (Å²) in [5, 5.41) is 0.407. The van der Waals surface area contributed by atoms with E-state index in [-0.39, 0.29) is 10.5 Å². The monoisotopic (exact) mass is 214 g/mol. The zero-order chi connectivity index (χ0) is 10.3. The summed E-state index contributed by atoms with van der Waals surface area (Å²) in [6, 6.07) is 2.35. The highest BCUT2D eigenvalue weighted by Crippen LogP contribution is 2.27. The van der Waals surface area contributed by atoms with E-state index in [1.165, 1.54) is 12.3 Å². The van der Waals surface area contributed by atoms with Gasteiger partial charge in [0, 0.05) is 5.39 Å². The molecular formula is C9H5ClF2N2. The van der Waals surface area contributed by atoms with Crippen LogP contribution in [0.2, 0.25) is 5.02 Å². The number of nitrogens with two attached hydrogens (primary N) is 1. The molecule has 2 aromatic rings. The molecule has 14 heavy (non-hydrogen) atoms. The summed E-state index contributed by atoms with van der Waals surface area (Å²) in [6.07, 6.45) is 1.25. The molecule has 0 fully saturated rings. The highest BCUT2D eigenvalue weighted by molar-refractivity contribution is 6.35. The quantitative estimate of drug-likeness (QED) is 0.685. The molecule has 0 atom stereocenters. The Morgan fingerprint density at radius 1 is 1.29 bits per heavy atom. The van der Waals surface area contributed by atoms with Crippen molar-refractivity contribution in [3.63, 3.8) is 0 Å². The van der Waals surface area contributed by atoms with Crippen LogP contribution in [-0.2, 0) is 0 Å². The summed E-state index contributed by atoms with van der Waals surface area (Å²) in [4.78, 5) is 3.68. The Morgan fingerprint density at radius 2 is 2.00 bits per heavy atom. The number of fused-ring (bicyclic) bond motifs is 1. The van der Waals surface area contributed by atoms with Crippen LogP contribution in [0, 0.1) is 11.6 Å². The van der Waals surface area contributed by atoms with Crippen LogP contribution >= 0.6 is 11.6 Å². The lowest BCUT2D eigenvalue weighted by Gasteiger charge is -2.03. The smallest absolute Gasteiger partial charge is 0.185 e. The zero-order valence-corrected chi connectivity index (χ0v) is 7.65. The number of nitrogens with zero attached hydrogens (tertiary/aromatic N) is 1. The number of anilines is 1. The largest absolute Gasteiger partial charge is 0.397 e. The van der Waals surface area contributed by atoms with Crippen LogP contribution in [0.25, 0.3) is 10.9 Å². The van der Waals surface area contributed by atoms with Crippen molar-refractivity contribution in [3.05, 3.63) is 35.0 Å². The number of pyridine rings is 1. The minimum atomic E-state index is -1.01. The first-order valence-corrected chi connectivity index (χ1v) is 4.16. The third kappa shape index (κ3) is 1.28. The first-order valence-electron chi connectivity index (χ1n) is 3.78. The molecule has 1 aromatic carbocycles. The Morgan fingerprint density at radius 3 is 2.71 bits per heavy atom. The van der Waals surface area contributed by atoms with Gasteiger partial charge in [-0.05, 0) is 12.1 Å². The van der Waals surface area contributed by atoms with Gasteiger partial charge in [0.2, 0.25) is 0 Å². The first kappa shape index (κ1) is 9.15. The molecule has 0 saturated heterocycles. The molecule has 0 bridgehead atoms. The van der Waals surface area contributed by atoms with E-state index >= 15 is 0 Å². The Balaban J connectivity index is 2.94. The second-order valence-corrected chi connectivity index (χ2v) is 3.23. The second-order valence-electron chi connectivity index (χ2n) is 2.82. The maximum absolute atomic E-state index is 13.2. The standard InChI is InChI=1S/C9H5ClF2N2/c10-6-2-7(11)8(12)9-5(6)1-4(13)3-14-9/h1-3H,13H2. The average molecular weight is 215 g/mol. The molecule has 1 aromatic heterocycles. The van der Waals surface area contributed by atoms with Crippen LogP contribution in [0.5, 0.6) is 0 Å². The molecule has 0 unspecified atom stereocenters. The van der Waals surface area contributed by atoms with E-state index in [0.29, 0.717) is 11.1 Å². The third-order valence-corrected chi connectivity index (χ3v) is 2.15. The lowest BCUT2D eigenvalue weighted by molar-refractivity contribution is 0.515. The predicted octanol–water partition coefficient (Wildman–Crippen LogP) is 2.75. The highest BCUT2D eigenvalue weighted by atomic mass is 35.5. The molecule has 0 amide bonds. The fraction of sp³-hybridized carbons (Fsp3) is 0. The summed E-state index contributed by atoms with van der Waals surface area (Å²) >= 11 is 5.70. The molecule has 0 aliphatic heterocycles. The van der Waals surface area contributed by atoms with Crippen molar-refractivity contribution < 1.29 is 8.78 Å². The van der Waals surface area contributed by atoms with Crippen molar-refractivity contribution in [2.24, 2.45) is 0 Å². The molecule has 0 aliphatic carbocycles. The minimum absolute atomic E-state index is 0.0960. The molecule has 0 saturated carbocycles. The van der Waals surface area contributed by atoms with E-state index in [1.54, 1.807) is 0 Å². The number of benzene rings is 1. The van der Waals surface area contributed by atoms with Crippen LogP contribution in [-0.4, -0.2) is 4.98 Å². The SMILES string of the molecule is Nc1cnc2c(F)c(F)cc(Cl)c2c1. The molecule has 72 valence electrons. The van der Waals surface area contributed by atoms with Gasteiger partial charge in [-0.1, -0.05) is 11.6 Å². The Kier molecular flexibility index (Phi) is 2.00. The molecule has 2 nitrogen and oxygen atoms in total.